The monoisotopic (exact) mass is 292 g/mol. The van der Waals surface area contributed by atoms with Crippen LogP contribution in [0.1, 0.15) is 33.3 Å². The summed E-state index contributed by atoms with van der Waals surface area (Å²) in [4.78, 5) is 2.67. The average Bonchev–Trinajstić information content (AvgIpc) is 2.44. The molecule has 2 rings (SSSR count). The summed E-state index contributed by atoms with van der Waals surface area (Å²) < 4.78 is 0. The van der Waals surface area contributed by atoms with Crippen LogP contribution in [0.3, 0.4) is 0 Å². The van der Waals surface area contributed by atoms with Crippen molar-refractivity contribution < 1.29 is 0 Å². The summed E-state index contributed by atoms with van der Waals surface area (Å²) in [6.07, 6.45) is 0. The first-order chi connectivity index (χ1) is 9.48. The number of benzene rings is 1. The number of nitrogens with zero attached hydrogens (tertiary/aromatic N) is 1. The van der Waals surface area contributed by atoms with Crippen molar-refractivity contribution in [2.24, 2.45) is 0 Å². The van der Waals surface area contributed by atoms with Crippen LogP contribution in [0, 0.1) is 0 Å². The topological polar surface area (TPSA) is 15.3 Å². The van der Waals surface area contributed by atoms with Crippen LogP contribution >= 0.6 is 11.8 Å². The number of piperazine rings is 1. The van der Waals surface area contributed by atoms with Crippen LogP contribution < -0.4 is 5.32 Å². The lowest BCUT2D eigenvalue weighted by Gasteiger charge is -2.51. The first kappa shape index (κ1) is 15.9. The van der Waals surface area contributed by atoms with Gasteiger partial charge in [0.15, 0.2) is 0 Å². The number of nitrogens with one attached hydrogen (secondary N) is 1. The van der Waals surface area contributed by atoms with Gasteiger partial charge >= 0.3 is 0 Å². The fourth-order valence-corrected chi connectivity index (χ4v) is 3.60. The normalized spacial score (nSPS) is 26.6. The lowest BCUT2D eigenvalue weighted by atomic mass is 9.84. The van der Waals surface area contributed by atoms with Crippen molar-refractivity contribution in [1.29, 1.82) is 0 Å². The van der Waals surface area contributed by atoms with Gasteiger partial charge in [-0.3, -0.25) is 4.90 Å². The van der Waals surface area contributed by atoms with E-state index in [2.05, 4.69) is 68.2 Å². The second-order valence-electron chi connectivity index (χ2n) is 6.50. The van der Waals surface area contributed by atoms with E-state index in [1.54, 1.807) is 0 Å². The molecule has 20 heavy (non-hydrogen) atoms. The fraction of sp³-hybridized carbons (Fsp3) is 0.647. The molecule has 1 saturated heterocycles. The molecule has 0 amide bonds. The van der Waals surface area contributed by atoms with Crippen LogP contribution in [0.2, 0.25) is 0 Å². The molecule has 0 spiro atoms. The van der Waals surface area contributed by atoms with Crippen LogP contribution in [-0.2, 0) is 5.54 Å². The van der Waals surface area contributed by atoms with Gasteiger partial charge in [-0.2, -0.15) is 11.8 Å². The van der Waals surface area contributed by atoms with Crippen molar-refractivity contribution in [3.05, 3.63) is 35.9 Å². The summed E-state index contributed by atoms with van der Waals surface area (Å²) in [5, 5.41) is 3.72. The predicted octanol–water partition coefficient (Wildman–Crippen LogP) is 3.34. The Morgan fingerprint density at radius 2 is 1.90 bits per heavy atom. The van der Waals surface area contributed by atoms with Gasteiger partial charge in [-0.1, -0.05) is 37.3 Å². The highest BCUT2D eigenvalue weighted by molar-refractivity contribution is 7.99. The van der Waals surface area contributed by atoms with Crippen LogP contribution in [-0.4, -0.2) is 41.6 Å². The van der Waals surface area contributed by atoms with Gasteiger partial charge in [-0.15, -0.1) is 0 Å². The van der Waals surface area contributed by atoms with E-state index in [-0.39, 0.29) is 11.1 Å². The highest BCUT2D eigenvalue weighted by atomic mass is 32.2. The van der Waals surface area contributed by atoms with Gasteiger partial charge in [0, 0.05) is 30.9 Å². The first-order valence-corrected chi connectivity index (χ1v) is 8.77. The summed E-state index contributed by atoms with van der Waals surface area (Å²) in [6, 6.07) is 10.9. The molecule has 0 bridgehead atoms. The van der Waals surface area contributed by atoms with Crippen molar-refractivity contribution in [1.82, 2.24) is 10.2 Å². The quantitative estimate of drug-likeness (QED) is 0.838. The van der Waals surface area contributed by atoms with Gasteiger partial charge in [0.1, 0.15) is 0 Å². The van der Waals surface area contributed by atoms with E-state index in [0.29, 0.717) is 0 Å². The molecule has 1 N–H and O–H groups in total. The Labute approximate surface area is 128 Å². The van der Waals surface area contributed by atoms with E-state index in [1.165, 1.54) is 17.1 Å². The summed E-state index contributed by atoms with van der Waals surface area (Å²) in [5.41, 5.74) is 1.72. The molecule has 0 aromatic heterocycles. The first-order valence-electron chi connectivity index (χ1n) is 7.61. The lowest BCUT2D eigenvalue weighted by Crippen LogP contribution is -2.65. The predicted molar refractivity (Wildman–Crippen MR) is 90.4 cm³/mol. The third kappa shape index (κ3) is 3.57. The molecule has 0 aliphatic carbocycles. The minimum atomic E-state index is 0.102. The molecule has 2 nitrogen and oxygen atoms in total. The number of thioether (sulfide) groups is 1. The Kier molecular flexibility index (Phi) is 5.16. The van der Waals surface area contributed by atoms with E-state index in [9.17, 15) is 0 Å². The second-order valence-corrected chi connectivity index (χ2v) is 7.89. The molecule has 1 aliphatic rings. The Morgan fingerprint density at radius 1 is 1.20 bits per heavy atom. The summed E-state index contributed by atoms with van der Waals surface area (Å²) in [7, 11) is 0. The highest BCUT2D eigenvalue weighted by Gasteiger charge is 2.41. The standard InChI is InChI=1S/C17H28N2S/c1-5-20-12-11-19-14-16(2,3)18-13-17(19,4)15-9-7-6-8-10-15/h6-10,18H,5,11-14H2,1-4H3. The van der Waals surface area contributed by atoms with E-state index < -0.39 is 0 Å². The second kappa shape index (κ2) is 6.50. The maximum absolute atomic E-state index is 3.72. The Balaban J connectivity index is 2.19. The minimum Gasteiger partial charge on any atom is -0.308 e. The van der Waals surface area contributed by atoms with Crippen LogP contribution in [0.4, 0.5) is 0 Å². The smallest absolute Gasteiger partial charge is 0.0558 e. The largest absolute Gasteiger partial charge is 0.308 e. The van der Waals surface area contributed by atoms with E-state index in [1.807, 2.05) is 11.8 Å². The lowest BCUT2D eigenvalue weighted by molar-refractivity contribution is 0.0300. The molecule has 1 aromatic rings. The third-order valence-corrected chi connectivity index (χ3v) is 5.18. The molecule has 1 atom stereocenters. The number of hydrogen-bond donors (Lipinski definition) is 1. The number of rotatable bonds is 5. The minimum absolute atomic E-state index is 0.102. The van der Waals surface area contributed by atoms with Gasteiger partial charge in [-0.25, -0.2) is 0 Å². The molecule has 1 heterocycles. The maximum Gasteiger partial charge on any atom is 0.0558 e. The molecule has 1 unspecified atom stereocenters. The highest BCUT2D eigenvalue weighted by Crippen LogP contribution is 2.33. The summed E-state index contributed by atoms with van der Waals surface area (Å²) in [5.74, 6) is 2.42. The molecule has 1 aromatic carbocycles. The zero-order valence-corrected chi connectivity index (χ0v) is 14.1. The SMILES string of the molecule is CCSCCN1CC(C)(C)NCC1(C)c1ccccc1. The van der Waals surface area contributed by atoms with Crippen molar-refractivity contribution >= 4 is 11.8 Å². The molecule has 112 valence electrons. The molecule has 1 aliphatic heterocycles. The van der Waals surface area contributed by atoms with Crippen LogP contribution in [0.15, 0.2) is 30.3 Å². The molecule has 3 heteroatoms. The van der Waals surface area contributed by atoms with Gasteiger partial charge in [0.05, 0.1) is 5.54 Å². The van der Waals surface area contributed by atoms with Gasteiger partial charge < -0.3 is 5.32 Å². The number of hydrogen-bond acceptors (Lipinski definition) is 3. The van der Waals surface area contributed by atoms with Crippen molar-refractivity contribution in [2.75, 3.05) is 31.1 Å². The Hall–Kier alpha value is -0.510. The van der Waals surface area contributed by atoms with Gasteiger partial charge in [0.25, 0.3) is 0 Å². The van der Waals surface area contributed by atoms with E-state index in [4.69, 9.17) is 0 Å². The zero-order valence-electron chi connectivity index (χ0n) is 13.3. The van der Waals surface area contributed by atoms with Crippen LogP contribution in [0.25, 0.3) is 0 Å². The Bertz CT molecular complexity index is 418. The summed E-state index contributed by atoms with van der Waals surface area (Å²) >= 11 is 2.04. The van der Waals surface area contributed by atoms with Crippen molar-refractivity contribution in [3.8, 4) is 0 Å². The van der Waals surface area contributed by atoms with Crippen molar-refractivity contribution in [2.45, 2.75) is 38.8 Å². The van der Waals surface area contributed by atoms with Crippen LogP contribution in [0.5, 0.6) is 0 Å². The Morgan fingerprint density at radius 3 is 2.55 bits per heavy atom. The fourth-order valence-electron chi connectivity index (χ4n) is 2.96. The van der Waals surface area contributed by atoms with Crippen molar-refractivity contribution in [3.63, 3.8) is 0 Å². The molecule has 1 fully saturated rings. The summed E-state index contributed by atoms with van der Waals surface area (Å²) in [6.45, 7) is 12.5. The molecular formula is C17H28N2S. The van der Waals surface area contributed by atoms with Gasteiger partial charge in [0.2, 0.25) is 0 Å². The molecule has 0 saturated carbocycles. The van der Waals surface area contributed by atoms with E-state index >= 15 is 0 Å². The maximum atomic E-state index is 3.72. The zero-order chi connectivity index (χ0) is 14.6. The third-order valence-electron chi connectivity index (χ3n) is 4.30. The molecule has 0 radical (unpaired) electrons. The van der Waals surface area contributed by atoms with Gasteiger partial charge in [-0.05, 0) is 32.1 Å². The van der Waals surface area contributed by atoms with E-state index in [0.717, 1.165) is 19.6 Å². The average molecular weight is 292 g/mol. The molecular weight excluding hydrogens is 264 g/mol.